The van der Waals surface area contributed by atoms with Crippen LogP contribution in [0.4, 0.5) is 5.69 Å². The highest BCUT2D eigenvalue weighted by molar-refractivity contribution is 5.60. The van der Waals surface area contributed by atoms with E-state index in [9.17, 15) is 14.9 Å². The van der Waals surface area contributed by atoms with Crippen molar-refractivity contribution in [2.75, 3.05) is 0 Å². The average Bonchev–Trinajstić information content (AvgIpc) is 2.81. The SMILES string of the molecule is C[C@@H]1CCc2nc(-c3ccc([N+](=O)[O-])cc3)cc(=O)n21. The normalized spacial score (nSPS) is 16.9. The number of aromatic nitrogens is 2. The molecule has 0 N–H and O–H groups in total. The second kappa shape index (κ2) is 4.56. The van der Waals surface area contributed by atoms with Gasteiger partial charge in [0.25, 0.3) is 11.2 Å². The summed E-state index contributed by atoms with van der Waals surface area (Å²) in [6, 6.07) is 7.77. The Morgan fingerprint density at radius 1 is 1.35 bits per heavy atom. The first-order valence-corrected chi connectivity index (χ1v) is 6.43. The molecule has 0 unspecified atom stereocenters. The molecule has 2 heterocycles. The molecule has 1 atom stereocenters. The molecule has 6 heteroatoms. The van der Waals surface area contributed by atoms with Crippen molar-refractivity contribution in [2.24, 2.45) is 0 Å². The number of nitro benzene ring substituents is 1. The van der Waals surface area contributed by atoms with E-state index < -0.39 is 4.92 Å². The van der Waals surface area contributed by atoms with Crippen LogP contribution < -0.4 is 5.56 Å². The number of aryl methyl sites for hydroxylation is 1. The summed E-state index contributed by atoms with van der Waals surface area (Å²) in [4.78, 5) is 26.8. The maximum absolute atomic E-state index is 12.1. The van der Waals surface area contributed by atoms with E-state index in [4.69, 9.17) is 0 Å². The molecule has 0 radical (unpaired) electrons. The average molecular weight is 271 g/mol. The van der Waals surface area contributed by atoms with Crippen molar-refractivity contribution in [3.63, 3.8) is 0 Å². The summed E-state index contributed by atoms with van der Waals surface area (Å²) in [5.41, 5.74) is 1.26. The van der Waals surface area contributed by atoms with Crippen molar-refractivity contribution in [1.29, 1.82) is 0 Å². The maximum Gasteiger partial charge on any atom is 0.269 e. The van der Waals surface area contributed by atoms with E-state index in [0.717, 1.165) is 24.2 Å². The van der Waals surface area contributed by atoms with E-state index in [1.54, 1.807) is 16.7 Å². The van der Waals surface area contributed by atoms with Gasteiger partial charge in [0, 0.05) is 36.2 Å². The number of benzene rings is 1. The van der Waals surface area contributed by atoms with Gasteiger partial charge in [-0.15, -0.1) is 0 Å². The number of hydrogen-bond donors (Lipinski definition) is 0. The third kappa shape index (κ3) is 1.99. The van der Waals surface area contributed by atoms with E-state index in [2.05, 4.69) is 4.98 Å². The topological polar surface area (TPSA) is 78.0 Å². The summed E-state index contributed by atoms with van der Waals surface area (Å²) < 4.78 is 1.72. The molecule has 1 aliphatic rings. The van der Waals surface area contributed by atoms with Crippen molar-refractivity contribution in [3.8, 4) is 11.3 Å². The molecule has 0 aliphatic carbocycles. The zero-order chi connectivity index (χ0) is 14.3. The number of non-ortho nitro benzene ring substituents is 1. The van der Waals surface area contributed by atoms with Crippen molar-refractivity contribution in [3.05, 3.63) is 56.6 Å². The van der Waals surface area contributed by atoms with Crippen LogP contribution in [0.3, 0.4) is 0 Å². The zero-order valence-corrected chi connectivity index (χ0v) is 10.9. The van der Waals surface area contributed by atoms with Gasteiger partial charge in [0.05, 0.1) is 10.6 Å². The predicted octanol–water partition coefficient (Wildman–Crippen LogP) is 2.33. The fraction of sp³-hybridized carbons (Fsp3) is 0.286. The Bertz CT molecular complexity index is 734. The number of rotatable bonds is 2. The van der Waals surface area contributed by atoms with Gasteiger partial charge in [0.2, 0.25) is 0 Å². The molecule has 0 spiro atoms. The van der Waals surface area contributed by atoms with E-state index in [1.807, 2.05) is 6.92 Å². The zero-order valence-electron chi connectivity index (χ0n) is 10.9. The maximum atomic E-state index is 12.1. The van der Waals surface area contributed by atoms with E-state index in [1.165, 1.54) is 18.2 Å². The molecule has 20 heavy (non-hydrogen) atoms. The summed E-state index contributed by atoms with van der Waals surface area (Å²) in [5, 5.41) is 10.6. The Balaban J connectivity index is 2.05. The van der Waals surface area contributed by atoms with Crippen molar-refractivity contribution >= 4 is 5.69 Å². The monoisotopic (exact) mass is 271 g/mol. The van der Waals surface area contributed by atoms with Crippen LogP contribution in [0.1, 0.15) is 25.2 Å². The highest BCUT2D eigenvalue weighted by atomic mass is 16.6. The molecule has 1 aromatic heterocycles. The molecule has 0 saturated carbocycles. The Labute approximate surface area is 114 Å². The van der Waals surface area contributed by atoms with Crippen LogP contribution in [0.2, 0.25) is 0 Å². The molecule has 0 saturated heterocycles. The Morgan fingerprint density at radius 3 is 2.70 bits per heavy atom. The molecule has 1 aliphatic heterocycles. The van der Waals surface area contributed by atoms with Crippen LogP contribution in [-0.2, 0) is 6.42 Å². The van der Waals surface area contributed by atoms with Gasteiger partial charge in [-0.1, -0.05) is 0 Å². The second-order valence-electron chi connectivity index (χ2n) is 4.96. The molecule has 0 amide bonds. The summed E-state index contributed by atoms with van der Waals surface area (Å²) in [6.07, 6.45) is 1.71. The Kier molecular flexibility index (Phi) is 2.85. The summed E-state index contributed by atoms with van der Waals surface area (Å²) in [5.74, 6) is 0.790. The van der Waals surface area contributed by atoms with Gasteiger partial charge >= 0.3 is 0 Å². The molecule has 1 aromatic carbocycles. The fourth-order valence-corrected chi connectivity index (χ4v) is 2.56. The molecular weight excluding hydrogens is 258 g/mol. The van der Waals surface area contributed by atoms with Crippen LogP contribution in [-0.4, -0.2) is 14.5 Å². The van der Waals surface area contributed by atoms with Crippen LogP contribution >= 0.6 is 0 Å². The molecule has 6 nitrogen and oxygen atoms in total. The van der Waals surface area contributed by atoms with E-state index >= 15 is 0 Å². The highest BCUT2D eigenvalue weighted by Crippen LogP contribution is 2.25. The smallest absolute Gasteiger partial charge is 0.269 e. The molecule has 102 valence electrons. The first kappa shape index (κ1) is 12.5. The van der Waals surface area contributed by atoms with Crippen molar-refractivity contribution < 1.29 is 4.92 Å². The second-order valence-corrected chi connectivity index (χ2v) is 4.96. The van der Waals surface area contributed by atoms with Gasteiger partial charge in [0.1, 0.15) is 5.82 Å². The van der Waals surface area contributed by atoms with Gasteiger partial charge < -0.3 is 0 Å². The van der Waals surface area contributed by atoms with Gasteiger partial charge in [-0.05, 0) is 25.5 Å². The van der Waals surface area contributed by atoms with Gasteiger partial charge in [-0.25, -0.2) is 4.98 Å². The third-order valence-corrected chi connectivity index (χ3v) is 3.63. The molecule has 0 fully saturated rings. The number of nitrogens with zero attached hydrogens (tertiary/aromatic N) is 3. The largest absolute Gasteiger partial charge is 0.294 e. The highest BCUT2D eigenvalue weighted by Gasteiger charge is 2.21. The summed E-state index contributed by atoms with van der Waals surface area (Å²) >= 11 is 0. The third-order valence-electron chi connectivity index (χ3n) is 3.63. The van der Waals surface area contributed by atoms with Gasteiger partial charge in [-0.3, -0.25) is 19.5 Å². The van der Waals surface area contributed by atoms with E-state index in [0.29, 0.717) is 5.69 Å². The molecular formula is C14H13N3O3. The van der Waals surface area contributed by atoms with Crippen LogP contribution in [0.15, 0.2) is 35.1 Å². The first-order valence-electron chi connectivity index (χ1n) is 6.43. The van der Waals surface area contributed by atoms with Crippen molar-refractivity contribution in [1.82, 2.24) is 9.55 Å². The summed E-state index contributed by atoms with van der Waals surface area (Å²) in [6.45, 7) is 2.01. The minimum Gasteiger partial charge on any atom is -0.294 e. The van der Waals surface area contributed by atoms with Gasteiger partial charge in [0.15, 0.2) is 0 Å². The lowest BCUT2D eigenvalue weighted by atomic mass is 10.1. The minimum atomic E-state index is -0.448. The van der Waals surface area contributed by atoms with Crippen LogP contribution in [0.5, 0.6) is 0 Å². The number of fused-ring (bicyclic) bond motifs is 1. The Hall–Kier alpha value is -2.50. The lowest BCUT2D eigenvalue weighted by Crippen LogP contribution is -2.22. The minimum absolute atomic E-state index is 0.0280. The predicted molar refractivity (Wildman–Crippen MR) is 73.6 cm³/mol. The standard InChI is InChI=1S/C14H13N3O3/c1-9-2-7-13-15-12(8-14(18)16(9)13)10-3-5-11(6-4-10)17(19)20/h3-6,8-9H,2,7H2,1H3/t9-/m1/s1. The van der Waals surface area contributed by atoms with Crippen molar-refractivity contribution in [2.45, 2.75) is 25.8 Å². The van der Waals surface area contributed by atoms with E-state index in [-0.39, 0.29) is 17.3 Å². The van der Waals surface area contributed by atoms with Crippen LogP contribution in [0, 0.1) is 10.1 Å². The van der Waals surface area contributed by atoms with Gasteiger partial charge in [-0.2, -0.15) is 0 Å². The first-order chi connectivity index (χ1) is 9.56. The fourth-order valence-electron chi connectivity index (χ4n) is 2.56. The molecule has 3 rings (SSSR count). The molecule has 0 bridgehead atoms. The summed E-state index contributed by atoms with van der Waals surface area (Å²) in [7, 11) is 0. The Morgan fingerprint density at radius 2 is 2.05 bits per heavy atom. The number of nitro groups is 1. The quantitative estimate of drug-likeness (QED) is 0.620. The molecule has 2 aromatic rings. The number of hydrogen-bond acceptors (Lipinski definition) is 4. The lowest BCUT2D eigenvalue weighted by molar-refractivity contribution is -0.384. The lowest BCUT2D eigenvalue weighted by Gasteiger charge is -2.09. The van der Waals surface area contributed by atoms with Crippen LogP contribution in [0.25, 0.3) is 11.3 Å².